The van der Waals surface area contributed by atoms with Crippen molar-refractivity contribution >= 4 is 41.7 Å². The van der Waals surface area contributed by atoms with E-state index in [4.69, 9.17) is 46.8 Å². The second-order valence-electron chi connectivity index (χ2n) is 12.5. The van der Waals surface area contributed by atoms with Gasteiger partial charge >= 0.3 is 30.0 Å². The highest BCUT2D eigenvalue weighted by Gasteiger charge is 2.55. The Labute approximate surface area is 302 Å². The summed E-state index contributed by atoms with van der Waals surface area (Å²) in [5.41, 5.74) is -2.00. The number of carbonyl (C=O) groups is 2. The summed E-state index contributed by atoms with van der Waals surface area (Å²) < 4.78 is 40.0. The fourth-order valence-corrected chi connectivity index (χ4v) is 11.2. The average molecular weight is 745 g/mol. The Morgan fingerprint density at radius 2 is 0.880 bits per heavy atom. The lowest BCUT2D eigenvalue weighted by Crippen LogP contribution is -2.66. The minimum absolute atomic E-state index is 0.300. The maximum atomic E-state index is 14.3. The van der Waals surface area contributed by atoms with Crippen molar-refractivity contribution in [2.45, 2.75) is 107 Å². The van der Waals surface area contributed by atoms with Crippen molar-refractivity contribution in [3.8, 4) is 0 Å². The Kier molecular flexibility index (Phi) is 17.6. The van der Waals surface area contributed by atoms with Crippen LogP contribution in [0, 0.1) is 0 Å². The Morgan fingerprint density at radius 3 is 1.12 bits per heavy atom. The van der Waals surface area contributed by atoms with Crippen LogP contribution in [0.5, 0.6) is 0 Å². The van der Waals surface area contributed by atoms with Crippen LogP contribution in [0.2, 0.25) is 0 Å². The van der Waals surface area contributed by atoms with Crippen LogP contribution in [-0.4, -0.2) is 151 Å². The van der Waals surface area contributed by atoms with Crippen LogP contribution in [0.25, 0.3) is 0 Å². The number of rotatable bonds is 22. The molecule has 2 aliphatic heterocycles. The summed E-state index contributed by atoms with van der Waals surface area (Å²) >= 11 is 0. The minimum Gasteiger partial charge on any atom is -0.357 e. The highest BCUT2D eigenvalue weighted by molar-refractivity contribution is 6.61. The zero-order valence-corrected chi connectivity index (χ0v) is 34.7. The summed E-state index contributed by atoms with van der Waals surface area (Å²) in [5.74, 6) is 0.957. The molecule has 2 heterocycles. The molecule has 0 unspecified atom stereocenters. The zero-order chi connectivity index (χ0) is 37.6. The first-order valence-corrected chi connectivity index (χ1v) is 21.6. The molecule has 50 heavy (non-hydrogen) atoms. The maximum absolute atomic E-state index is 14.3. The van der Waals surface area contributed by atoms with E-state index in [1.54, 1.807) is 18.9 Å². The van der Waals surface area contributed by atoms with Gasteiger partial charge in [-0.2, -0.15) is 10.2 Å². The van der Waals surface area contributed by atoms with Crippen molar-refractivity contribution in [3.05, 3.63) is 0 Å². The van der Waals surface area contributed by atoms with Crippen molar-refractivity contribution in [2.75, 3.05) is 78.9 Å². The van der Waals surface area contributed by atoms with Crippen LogP contribution >= 0.6 is 0 Å². The molecule has 0 saturated carbocycles. The van der Waals surface area contributed by atoms with Gasteiger partial charge in [-0.05, 0) is 82.1 Å². The fourth-order valence-electron chi connectivity index (χ4n) is 5.90. The summed E-state index contributed by atoms with van der Waals surface area (Å²) in [6, 6.07) is -0.600. The quantitative estimate of drug-likeness (QED) is 0.109. The first kappa shape index (κ1) is 43.8. The van der Waals surface area contributed by atoms with Gasteiger partial charge in [-0.1, -0.05) is 13.8 Å². The lowest BCUT2D eigenvalue weighted by atomic mass is 10.0. The Hall–Kier alpha value is -2.33. The second-order valence-corrected chi connectivity index (χ2v) is 17.5. The summed E-state index contributed by atoms with van der Waals surface area (Å²) in [6.07, 6.45) is 1.36. The standard InChI is InChI=1S/C32H64N8O8Si2/c1-13-23-39(49(43-15-3,44-16-4)45-17-5)29(41)37-25-21-33-27(37)31(9,10)35-36-32(11,12)28-34-22-26-38(28)30(42)40(24-14-2)50(46-18-6,47-19-7)48-20-8/h13-26H2,1-12H3/b36-35+. The number of amidine groups is 2. The van der Waals surface area contributed by atoms with E-state index in [1.807, 2.05) is 83.1 Å². The highest BCUT2D eigenvalue weighted by atomic mass is 28.4. The zero-order valence-electron chi connectivity index (χ0n) is 32.7. The van der Waals surface area contributed by atoms with Gasteiger partial charge < -0.3 is 26.6 Å². The smallest absolute Gasteiger partial charge is 0.357 e. The predicted molar refractivity (Wildman–Crippen MR) is 197 cm³/mol. The minimum atomic E-state index is -3.54. The number of urea groups is 2. The van der Waals surface area contributed by atoms with E-state index in [2.05, 4.69) is 0 Å². The molecule has 0 bridgehead atoms. The van der Waals surface area contributed by atoms with Crippen LogP contribution in [0.1, 0.15) is 95.9 Å². The number of hydrogen-bond donors (Lipinski definition) is 0. The molecule has 0 atom stereocenters. The lowest BCUT2D eigenvalue weighted by molar-refractivity contribution is 0.0233. The number of hydrogen-bond acceptors (Lipinski definition) is 12. The number of aliphatic imine (C=N–C) groups is 2. The van der Waals surface area contributed by atoms with Crippen LogP contribution in [0.15, 0.2) is 20.2 Å². The third-order valence-corrected chi connectivity index (χ3v) is 13.8. The Bertz CT molecular complexity index is 1070. The topological polar surface area (TPSA) is 152 Å². The van der Waals surface area contributed by atoms with E-state index in [0.717, 1.165) is 0 Å². The monoisotopic (exact) mass is 744 g/mol. The molecule has 0 aromatic carbocycles. The molecule has 0 aromatic rings. The largest absolute Gasteiger partial charge is 0.637 e. The molecule has 16 nitrogen and oxygen atoms in total. The van der Waals surface area contributed by atoms with Gasteiger partial charge in [-0.15, -0.1) is 0 Å². The highest BCUT2D eigenvalue weighted by Crippen LogP contribution is 2.29. The Balaban J connectivity index is 2.43. The van der Waals surface area contributed by atoms with Gasteiger partial charge in [0.1, 0.15) is 22.7 Å². The first-order valence-electron chi connectivity index (χ1n) is 18.3. The van der Waals surface area contributed by atoms with Gasteiger partial charge in [0.05, 0.1) is 13.1 Å². The summed E-state index contributed by atoms with van der Waals surface area (Å²) in [4.78, 5) is 41.4. The van der Waals surface area contributed by atoms with Crippen LogP contribution in [0.3, 0.4) is 0 Å². The lowest BCUT2D eigenvalue weighted by Gasteiger charge is -2.40. The van der Waals surface area contributed by atoms with Gasteiger partial charge in [-0.25, -0.2) is 9.59 Å². The van der Waals surface area contributed by atoms with E-state index in [9.17, 15) is 9.59 Å². The number of carbonyl (C=O) groups excluding carboxylic acids is 2. The second kappa shape index (κ2) is 20.1. The molecule has 288 valence electrons. The SMILES string of the molecule is CCCN(C(=O)N1CCN=C1C(C)(C)/N=N/C(C)(C)C1=NCCN1C(=O)N(CCC)[Si](OCC)(OCC)OCC)[Si](OCC)(OCC)OCC. The Morgan fingerprint density at radius 1 is 0.600 bits per heavy atom. The molecule has 0 fully saturated rings. The van der Waals surface area contributed by atoms with Crippen molar-refractivity contribution < 1.29 is 36.1 Å². The predicted octanol–water partition coefficient (Wildman–Crippen LogP) is 5.18. The molecule has 0 saturated heterocycles. The third-order valence-electron chi connectivity index (χ3n) is 7.77. The van der Waals surface area contributed by atoms with Crippen LogP contribution in [-0.2, 0) is 26.6 Å². The fraction of sp³-hybridized carbons (Fsp3) is 0.875. The van der Waals surface area contributed by atoms with Gasteiger partial charge in [0.2, 0.25) is 0 Å². The number of azo groups is 1. The molecular formula is C32H64N8O8Si2. The van der Waals surface area contributed by atoms with Crippen molar-refractivity contribution in [1.82, 2.24) is 18.9 Å². The molecule has 18 heteroatoms. The van der Waals surface area contributed by atoms with E-state index < -0.39 is 29.0 Å². The van der Waals surface area contributed by atoms with Gasteiger partial charge in [0, 0.05) is 65.8 Å². The number of amides is 4. The van der Waals surface area contributed by atoms with Gasteiger partial charge in [0.25, 0.3) is 0 Å². The van der Waals surface area contributed by atoms with Gasteiger partial charge in [0.15, 0.2) is 0 Å². The molecule has 2 aliphatic rings. The third kappa shape index (κ3) is 10.2. The van der Waals surface area contributed by atoms with Crippen molar-refractivity contribution in [1.29, 1.82) is 0 Å². The van der Waals surface area contributed by atoms with E-state index in [0.29, 0.717) is 103 Å². The first-order chi connectivity index (χ1) is 23.7. The maximum Gasteiger partial charge on any atom is 0.637 e. The molecule has 2 rings (SSSR count). The molecule has 0 spiro atoms. The van der Waals surface area contributed by atoms with Gasteiger partial charge in [-0.3, -0.25) is 28.9 Å². The average Bonchev–Trinajstić information content (AvgIpc) is 3.77. The van der Waals surface area contributed by atoms with Crippen LogP contribution < -0.4 is 0 Å². The molecule has 0 radical (unpaired) electrons. The van der Waals surface area contributed by atoms with Crippen molar-refractivity contribution in [3.63, 3.8) is 0 Å². The molecule has 4 amide bonds. The van der Waals surface area contributed by atoms with E-state index in [-0.39, 0.29) is 12.1 Å². The number of nitrogens with zero attached hydrogens (tertiary/aromatic N) is 8. The normalized spacial score (nSPS) is 16.0. The molecule has 0 aromatic heterocycles. The molecule has 0 N–H and O–H groups in total. The summed E-state index contributed by atoms with van der Waals surface area (Å²) in [7, 11) is -7.09. The van der Waals surface area contributed by atoms with Crippen LogP contribution in [0.4, 0.5) is 9.59 Å². The summed E-state index contributed by atoms with van der Waals surface area (Å²) in [6.45, 7) is 27.0. The molecular weight excluding hydrogens is 681 g/mol. The van der Waals surface area contributed by atoms with E-state index in [1.165, 1.54) is 0 Å². The van der Waals surface area contributed by atoms with E-state index >= 15 is 0 Å². The summed E-state index contributed by atoms with van der Waals surface area (Å²) in [5, 5.41) is 9.55. The van der Waals surface area contributed by atoms with Crippen molar-refractivity contribution in [2.24, 2.45) is 20.2 Å². The molecule has 0 aliphatic carbocycles.